The molecule has 2 fully saturated rings. The number of hydrogen-bond acceptors (Lipinski definition) is 4. The maximum atomic E-state index is 13.1. The van der Waals surface area contributed by atoms with E-state index >= 15 is 0 Å². The number of likely N-dealkylation sites (tertiary alicyclic amines) is 1. The number of piperidine rings is 1. The summed E-state index contributed by atoms with van der Waals surface area (Å²) in [4.78, 5) is 52.9. The molecule has 7 heteroatoms. The van der Waals surface area contributed by atoms with Gasteiger partial charge in [-0.1, -0.05) is 19.1 Å². The Hall–Kier alpha value is -2.70. The molecule has 148 valence electrons. The van der Waals surface area contributed by atoms with Crippen LogP contribution in [0.25, 0.3) is 0 Å². The smallest absolute Gasteiger partial charge is 0.244 e. The number of carbonyl (C=O) groups is 4. The van der Waals surface area contributed by atoms with Crippen molar-refractivity contribution in [2.45, 2.75) is 39.2 Å². The molecule has 0 radical (unpaired) electrons. The molecule has 2 heterocycles. The molecule has 2 aliphatic heterocycles. The van der Waals surface area contributed by atoms with Crippen molar-refractivity contribution < 1.29 is 19.2 Å². The number of benzene rings is 1. The minimum absolute atomic E-state index is 0.111. The van der Waals surface area contributed by atoms with Crippen LogP contribution in [0.2, 0.25) is 0 Å². The van der Waals surface area contributed by atoms with Crippen molar-refractivity contribution in [3.8, 4) is 0 Å². The summed E-state index contributed by atoms with van der Waals surface area (Å²) in [6.07, 6.45) is 3.07. The molecule has 28 heavy (non-hydrogen) atoms. The minimum atomic E-state index is -1.07. The highest BCUT2D eigenvalue weighted by Gasteiger charge is 2.73. The summed E-state index contributed by atoms with van der Waals surface area (Å²) in [6, 6.07) is 6.17. The Labute approximate surface area is 163 Å². The van der Waals surface area contributed by atoms with Gasteiger partial charge < -0.3 is 15.5 Å². The fourth-order valence-corrected chi connectivity index (χ4v) is 4.69. The normalized spacial score (nSPS) is 29.7. The van der Waals surface area contributed by atoms with E-state index in [-0.39, 0.29) is 17.6 Å². The number of ketones is 1. The Balaban J connectivity index is 1.50. The maximum Gasteiger partial charge on any atom is 0.244 e. The second-order valence-electron chi connectivity index (χ2n) is 8.22. The van der Waals surface area contributed by atoms with Crippen molar-refractivity contribution in [2.24, 2.45) is 17.3 Å². The maximum absolute atomic E-state index is 13.1. The molecule has 4 rings (SSSR count). The van der Waals surface area contributed by atoms with E-state index in [0.29, 0.717) is 24.3 Å². The van der Waals surface area contributed by atoms with Crippen molar-refractivity contribution >= 4 is 29.2 Å². The molecule has 0 aromatic heterocycles. The van der Waals surface area contributed by atoms with Crippen LogP contribution in [-0.2, 0) is 14.4 Å². The molecule has 3 amide bonds. The first-order chi connectivity index (χ1) is 13.4. The molecular weight excluding hydrogens is 358 g/mol. The third kappa shape index (κ3) is 2.80. The molecule has 1 aromatic carbocycles. The van der Waals surface area contributed by atoms with E-state index in [2.05, 4.69) is 10.6 Å². The van der Waals surface area contributed by atoms with E-state index in [1.165, 1.54) is 0 Å². The number of fused-ring (bicyclic) bond motifs is 2. The minimum Gasteiger partial charge on any atom is -0.344 e. The van der Waals surface area contributed by atoms with E-state index < -0.39 is 29.2 Å². The van der Waals surface area contributed by atoms with Gasteiger partial charge in [0.25, 0.3) is 0 Å². The Morgan fingerprint density at radius 1 is 1.18 bits per heavy atom. The standard InChI is InChI=1S/C21H25N3O4/c1-12(20(28)24-10-6-3-7-11-24)22-18(26)15-16-19(27)23-14-9-5-4-8-13(14)17(25)21(15,16)2/h4-5,8-9,12,15-16H,3,6-7,10-11H2,1-2H3,(H,22,26)(H,23,27)/t12?,15-,16?,21+/m0/s1. The fraction of sp³-hybridized carbons (Fsp3) is 0.524. The highest BCUT2D eigenvalue weighted by atomic mass is 16.2. The topological polar surface area (TPSA) is 95.6 Å². The van der Waals surface area contributed by atoms with Gasteiger partial charge in [0.1, 0.15) is 6.04 Å². The van der Waals surface area contributed by atoms with Crippen LogP contribution in [-0.4, -0.2) is 47.5 Å². The fourth-order valence-electron chi connectivity index (χ4n) is 4.69. The molecule has 0 spiro atoms. The van der Waals surface area contributed by atoms with E-state index in [4.69, 9.17) is 0 Å². The third-order valence-electron chi connectivity index (χ3n) is 6.40. The van der Waals surface area contributed by atoms with Crippen LogP contribution in [0, 0.1) is 17.3 Å². The van der Waals surface area contributed by atoms with Crippen molar-refractivity contribution in [3.05, 3.63) is 29.8 Å². The predicted octanol–water partition coefficient (Wildman–Crippen LogP) is 1.59. The van der Waals surface area contributed by atoms with Gasteiger partial charge in [0, 0.05) is 18.7 Å². The zero-order valence-electron chi connectivity index (χ0n) is 16.2. The quantitative estimate of drug-likeness (QED) is 0.829. The monoisotopic (exact) mass is 383 g/mol. The van der Waals surface area contributed by atoms with Gasteiger partial charge >= 0.3 is 0 Å². The average molecular weight is 383 g/mol. The van der Waals surface area contributed by atoms with Crippen LogP contribution in [0.5, 0.6) is 0 Å². The average Bonchev–Trinajstić information content (AvgIpc) is 3.36. The summed E-state index contributed by atoms with van der Waals surface area (Å²) in [5, 5.41) is 5.51. The van der Waals surface area contributed by atoms with E-state index in [9.17, 15) is 19.2 Å². The largest absolute Gasteiger partial charge is 0.344 e. The van der Waals surface area contributed by atoms with E-state index in [1.807, 2.05) is 0 Å². The molecule has 1 aromatic rings. The van der Waals surface area contributed by atoms with Gasteiger partial charge in [-0.15, -0.1) is 0 Å². The summed E-state index contributed by atoms with van der Waals surface area (Å²) in [5.74, 6) is -2.53. The number of Topliss-reactive ketones (excluding diaryl/α,β-unsaturated/α-hetero) is 1. The zero-order valence-corrected chi connectivity index (χ0v) is 16.2. The molecule has 7 nitrogen and oxygen atoms in total. The molecular formula is C21H25N3O4. The van der Waals surface area contributed by atoms with E-state index in [1.54, 1.807) is 43.0 Å². The van der Waals surface area contributed by atoms with Gasteiger partial charge in [-0.2, -0.15) is 0 Å². The Morgan fingerprint density at radius 3 is 2.57 bits per heavy atom. The lowest BCUT2D eigenvalue weighted by Crippen LogP contribution is -2.49. The number of anilines is 1. The first kappa shape index (κ1) is 18.7. The lowest BCUT2D eigenvalue weighted by Gasteiger charge is -2.29. The Bertz CT molecular complexity index is 861. The summed E-state index contributed by atoms with van der Waals surface area (Å²) in [6.45, 7) is 4.75. The lowest BCUT2D eigenvalue weighted by atomic mass is 9.92. The highest BCUT2D eigenvalue weighted by Crippen LogP contribution is 2.62. The number of nitrogens with one attached hydrogen (secondary N) is 2. The molecule has 2 unspecified atom stereocenters. The van der Waals surface area contributed by atoms with Gasteiger partial charge in [-0.05, 0) is 38.3 Å². The molecule has 3 aliphatic rings. The summed E-state index contributed by atoms with van der Waals surface area (Å²) >= 11 is 0. The molecule has 1 saturated heterocycles. The van der Waals surface area contributed by atoms with E-state index in [0.717, 1.165) is 19.3 Å². The van der Waals surface area contributed by atoms with Crippen molar-refractivity contribution in [2.75, 3.05) is 18.4 Å². The molecule has 4 atom stereocenters. The van der Waals surface area contributed by atoms with Crippen molar-refractivity contribution in [1.82, 2.24) is 10.2 Å². The van der Waals surface area contributed by atoms with Crippen molar-refractivity contribution in [3.63, 3.8) is 0 Å². The van der Waals surface area contributed by atoms with Gasteiger partial charge in [0.2, 0.25) is 17.7 Å². The van der Waals surface area contributed by atoms with Crippen LogP contribution in [0.4, 0.5) is 5.69 Å². The Morgan fingerprint density at radius 2 is 1.86 bits per heavy atom. The van der Waals surface area contributed by atoms with Crippen LogP contribution in [0.3, 0.4) is 0 Å². The molecule has 1 aliphatic carbocycles. The molecule has 0 bridgehead atoms. The lowest BCUT2D eigenvalue weighted by molar-refractivity contribution is -0.137. The highest BCUT2D eigenvalue weighted by molar-refractivity contribution is 6.19. The first-order valence-electron chi connectivity index (χ1n) is 9.89. The van der Waals surface area contributed by atoms with Crippen LogP contribution >= 0.6 is 0 Å². The predicted molar refractivity (Wildman–Crippen MR) is 103 cm³/mol. The second kappa shape index (κ2) is 6.72. The van der Waals surface area contributed by atoms with Gasteiger partial charge in [-0.25, -0.2) is 0 Å². The number of hydrogen-bond donors (Lipinski definition) is 2. The zero-order chi connectivity index (χ0) is 20.1. The second-order valence-corrected chi connectivity index (χ2v) is 8.22. The number of amides is 3. The number of rotatable bonds is 3. The van der Waals surface area contributed by atoms with Gasteiger partial charge in [0.15, 0.2) is 5.78 Å². The summed E-state index contributed by atoms with van der Waals surface area (Å²) in [7, 11) is 0. The van der Waals surface area contributed by atoms with Crippen molar-refractivity contribution in [1.29, 1.82) is 0 Å². The number of carbonyl (C=O) groups excluding carboxylic acids is 4. The first-order valence-corrected chi connectivity index (χ1v) is 9.89. The Kier molecular flexibility index (Phi) is 4.48. The van der Waals surface area contributed by atoms with Gasteiger partial charge in [0.05, 0.1) is 22.9 Å². The summed E-state index contributed by atoms with van der Waals surface area (Å²) in [5.41, 5.74) is -0.165. The van der Waals surface area contributed by atoms with Crippen LogP contribution in [0.1, 0.15) is 43.5 Å². The SMILES string of the molecule is CC(NC(=O)[C@@H]1C2C(=O)Nc3ccccc3C(=O)[C@@]21C)C(=O)N1CCCCC1. The molecule has 1 saturated carbocycles. The molecule has 2 N–H and O–H groups in total. The third-order valence-corrected chi connectivity index (χ3v) is 6.40. The summed E-state index contributed by atoms with van der Waals surface area (Å²) < 4.78 is 0. The van der Waals surface area contributed by atoms with Crippen LogP contribution < -0.4 is 10.6 Å². The van der Waals surface area contributed by atoms with Crippen LogP contribution in [0.15, 0.2) is 24.3 Å². The van der Waals surface area contributed by atoms with Gasteiger partial charge in [-0.3, -0.25) is 19.2 Å². The number of para-hydroxylation sites is 1. The number of nitrogens with zero attached hydrogens (tertiary/aromatic N) is 1.